The number of hydrogen-bond acceptors (Lipinski definition) is 1. The fourth-order valence-electron chi connectivity index (χ4n) is 1.93. The van der Waals surface area contributed by atoms with Crippen LogP contribution in [0.3, 0.4) is 0 Å². The van der Waals surface area contributed by atoms with E-state index in [-0.39, 0.29) is 0 Å². The molecule has 70 valence electrons. The molecule has 0 spiro atoms. The standard InChI is InChI=1S/C11H14BrN/c1-11(5-6-13-8-11)9-3-2-4-10(12)7-9/h2-4,7,13H,5-6,8H2,1H3. The van der Waals surface area contributed by atoms with E-state index < -0.39 is 0 Å². The molecule has 0 saturated carbocycles. The summed E-state index contributed by atoms with van der Waals surface area (Å²) in [4.78, 5) is 0. The van der Waals surface area contributed by atoms with Gasteiger partial charge in [-0.2, -0.15) is 0 Å². The van der Waals surface area contributed by atoms with E-state index in [4.69, 9.17) is 0 Å². The van der Waals surface area contributed by atoms with Crippen LogP contribution in [-0.2, 0) is 5.41 Å². The number of benzene rings is 1. The molecule has 2 heteroatoms. The minimum absolute atomic E-state index is 0.337. The van der Waals surface area contributed by atoms with Gasteiger partial charge in [0.2, 0.25) is 0 Å². The van der Waals surface area contributed by atoms with Crippen LogP contribution in [-0.4, -0.2) is 13.1 Å². The Morgan fingerprint density at radius 2 is 2.31 bits per heavy atom. The summed E-state index contributed by atoms with van der Waals surface area (Å²) in [7, 11) is 0. The molecule has 1 nitrogen and oxygen atoms in total. The lowest BCUT2D eigenvalue weighted by atomic mass is 9.82. The van der Waals surface area contributed by atoms with Crippen molar-refractivity contribution in [3.63, 3.8) is 0 Å². The first-order valence-electron chi connectivity index (χ1n) is 4.67. The van der Waals surface area contributed by atoms with Gasteiger partial charge in [-0.15, -0.1) is 0 Å². The van der Waals surface area contributed by atoms with Crippen LogP contribution in [0.1, 0.15) is 18.9 Å². The number of nitrogens with one attached hydrogen (secondary N) is 1. The molecule has 1 aromatic rings. The second-order valence-electron chi connectivity index (χ2n) is 4.00. The highest BCUT2D eigenvalue weighted by Gasteiger charge is 2.30. The molecule has 0 bridgehead atoms. The van der Waals surface area contributed by atoms with Crippen LogP contribution in [0, 0.1) is 0 Å². The van der Waals surface area contributed by atoms with Crippen molar-refractivity contribution in [3.05, 3.63) is 34.3 Å². The van der Waals surface area contributed by atoms with Gasteiger partial charge in [-0.3, -0.25) is 0 Å². The third kappa shape index (κ3) is 1.79. The van der Waals surface area contributed by atoms with E-state index in [1.807, 2.05) is 0 Å². The van der Waals surface area contributed by atoms with Gasteiger partial charge in [0.15, 0.2) is 0 Å². The molecule has 1 aromatic carbocycles. The molecule has 1 unspecified atom stereocenters. The fraction of sp³-hybridized carbons (Fsp3) is 0.455. The van der Waals surface area contributed by atoms with Crippen molar-refractivity contribution in [2.75, 3.05) is 13.1 Å². The van der Waals surface area contributed by atoms with Crippen molar-refractivity contribution < 1.29 is 0 Å². The minimum Gasteiger partial charge on any atom is -0.316 e. The van der Waals surface area contributed by atoms with Gasteiger partial charge in [0.05, 0.1) is 0 Å². The molecular formula is C11H14BrN. The minimum atomic E-state index is 0.337. The third-order valence-corrected chi connectivity index (χ3v) is 3.38. The number of hydrogen-bond donors (Lipinski definition) is 1. The van der Waals surface area contributed by atoms with E-state index in [2.05, 4.69) is 52.4 Å². The Kier molecular flexibility index (Phi) is 2.43. The first-order valence-corrected chi connectivity index (χ1v) is 5.47. The summed E-state index contributed by atoms with van der Waals surface area (Å²) in [5.74, 6) is 0. The van der Waals surface area contributed by atoms with Gasteiger partial charge in [0.1, 0.15) is 0 Å². The SMILES string of the molecule is CC1(c2cccc(Br)c2)CCNC1. The first kappa shape index (κ1) is 9.22. The molecule has 1 aliphatic rings. The van der Waals surface area contributed by atoms with Crippen molar-refractivity contribution in [1.82, 2.24) is 5.32 Å². The van der Waals surface area contributed by atoms with Gasteiger partial charge < -0.3 is 5.32 Å². The highest BCUT2D eigenvalue weighted by atomic mass is 79.9. The summed E-state index contributed by atoms with van der Waals surface area (Å²) in [6.45, 7) is 4.57. The summed E-state index contributed by atoms with van der Waals surface area (Å²) in [5, 5.41) is 3.42. The Morgan fingerprint density at radius 1 is 1.46 bits per heavy atom. The van der Waals surface area contributed by atoms with Gasteiger partial charge in [0.25, 0.3) is 0 Å². The summed E-state index contributed by atoms with van der Waals surface area (Å²) in [6, 6.07) is 8.64. The van der Waals surface area contributed by atoms with Crippen molar-refractivity contribution in [3.8, 4) is 0 Å². The lowest BCUT2D eigenvalue weighted by Crippen LogP contribution is -2.24. The summed E-state index contributed by atoms with van der Waals surface area (Å²) < 4.78 is 1.18. The van der Waals surface area contributed by atoms with Crippen LogP contribution in [0.15, 0.2) is 28.7 Å². The lowest BCUT2D eigenvalue weighted by Gasteiger charge is -2.23. The molecule has 1 aliphatic heterocycles. The molecule has 1 heterocycles. The zero-order valence-corrected chi connectivity index (χ0v) is 9.39. The van der Waals surface area contributed by atoms with Crippen LogP contribution < -0.4 is 5.32 Å². The van der Waals surface area contributed by atoms with Crippen molar-refractivity contribution in [2.45, 2.75) is 18.8 Å². The zero-order valence-electron chi connectivity index (χ0n) is 7.81. The molecular weight excluding hydrogens is 226 g/mol. The monoisotopic (exact) mass is 239 g/mol. The van der Waals surface area contributed by atoms with Gasteiger partial charge in [-0.05, 0) is 30.7 Å². The second-order valence-corrected chi connectivity index (χ2v) is 4.91. The molecule has 1 fully saturated rings. The zero-order chi connectivity index (χ0) is 9.31. The Bertz CT molecular complexity index is 303. The Morgan fingerprint density at radius 3 is 2.92 bits per heavy atom. The van der Waals surface area contributed by atoms with Crippen LogP contribution in [0.25, 0.3) is 0 Å². The average molecular weight is 240 g/mol. The van der Waals surface area contributed by atoms with Gasteiger partial charge in [0, 0.05) is 16.4 Å². The fourth-order valence-corrected chi connectivity index (χ4v) is 2.33. The molecule has 0 aromatic heterocycles. The van der Waals surface area contributed by atoms with Crippen LogP contribution >= 0.6 is 15.9 Å². The maximum Gasteiger partial charge on any atom is 0.0178 e. The van der Waals surface area contributed by atoms with E-state index in [0.29, 0.717) is 5.41 Å². The van der Waals surface area contributed by atoms with E-state index in [0.717, 1.165) is 13.1 Å². The highest BCUT2D eigenvalue weighted by molar-refractivity contribution is 9.10. The maximum atomic E-state index is 3.51. The predicted octanol–water partition coefficient (Wildman–Crippen LogP) is 2.70. The number of halogens is 1. The summed E-state index contributed by atoms with van der Waals surface area (Å²) >= 11 is 3.51. The van der Waals surface area contributed by atoms with Crippen LogP contribution in [0.4, 0.5) is 0 Å². The van der Waals surface area contributed by atoms with E-state index >= 15 is 0 Å². The second kappa shape index (κ2) is 3.43. The molecule has 0 amide bonds. The van der Waals surface area contributed by atoms with Crippen LogP contribution in [0.2, 0.25) is 0 Å². The largest absolute Gasteiger partial charge is 0.316 e. The predicted molar refractivity (Wildman–Crippen MR) is 59.0 cm³/mol. The molecule has 1 atom stereocenters. The van der Waals surface area contributed by atoms with Crippen molar-refractivity contribution >= 4 is 15.9 Å². The van der Waals surface area contributed by atoms with Gasteiger partial charge in [-0.25, -0.2) is 0 Å². The maximum absolute atomic E-state index is 3.51. The smallest absolute Gasteiger partial charge is 0.0178 e. The summed E-state index contributed by atoms with van der Waals surface area (Å²) in [6.07, 6.45) is 1.24. The van der Waals surface area contributed by atoms with Gasteiger partial charge in [-0.1, -0.05) is 35.0 Å². The lowest BCUT2D eigenvalue weighted by molar-refractivity contribution is 0.525. The molecule has 13 heavy (non-hydrogen) atoms. The Labute approximate surface area is 87.7 Å². The van der Waals surface area contributed by atoms with E-state index in [1.165, 1.54) is 16.5 Å². The van der Waals surface area contributed by atoms with Crippen molar-refractivity contribution in [2.24, 2.45) is 0 Å². The molecule has 0 radical (unpaired) electrons. The Balaban J connectivity index is 2.33. The summed E-state index contributed by atoms with van der Waals surface area (Å²) in [5.41, 5.74) is 1.77. The molecule has 2 rings (SSSR count). The third-order valence-electron chi connectivity index (χ3n) is 2.89. The average Bonchev–Trinajstić information content (AvgIpc) is 2.54. The molecule has 0 aliphatic carbocycles. The van der Waals surface area contributed by atoms with Gasteiger partial charge >= 0.3 is 0 Å². The Hall–Kier alpha value is -0.340. The first-order chi connectivity index (χ1) is 6.21. The molecule has 1 saturated heterocycles. The number of rotatable bonds is 1. The highest BCUT2D eigenvalue weighted by Crippen LogP contribution is 2.31. The quantitative estimate of drug-likeness (QED) is 0.795. The van der Waals surface area contributed by atoms with E-state index in [1.54, 1.807) is 0 Å². The molecule has 1 N–H and O–H groups in total. The normalized spacial score (nSPS) is 27.8. The van der Waals surface area contributed by atoms with Crippen LogP contribution in [0.5, 0.6) is 0 Å². The van der Waals surface area contributed by atoms with Crippen molar-refractivity contribution in [1.29, 1.82) is 0 Å². The topological polar surface area (TPSA) is 12.0 Å². The van der Waals surface area contributed by atoms with E-state index in [9.17, 15) is 0 Å².